The van der Waals surface area contributed by atoms with E-state index in [9.17, 15) is 4.79 Å². The molecule has 2 aromatic carbocycles. The SMILES string of the molecule is COc1ccc(NC(=O)N2CCC(c3cc4ccccc4[nH]3)CC2)cc1C1CCN(C(C)C)CC1. The Kier molecular flexibility index (Phi) is 7.00. The van der Waals surface area contributed by atoms with Crippen LogP contribution in [0.3, 0.4) is 0 Å². The third-order valence-corrected chi connectivity index (χ3v) is 7.95. The van der Waals surface area contributed by atoms with Gasteiger partial charge < -0.3 is 24.8 Å². The number of fused-ring (bicyclic) bond motifs is 1. The van der Waals surface area contributed by atoms with Gasteiger partial charge in [0.1, 0.15) is 5.75 Å². The van der Waals surface area contributed by atoms with Crippen LogP contribution in [0, 0.1) is 0 Å². The average Bonchev–Trinajstić information content (AvgIpc) is 3.33. The number of aromatic amines is 1. The fraction of sp³-hybridized carbons (Fsp3) is 0.483. The Balaban J connectivity index is 1.20. The summed E-state index contributed by atoms with van der Waals surface area (Å²) >= 11 is 0. The summed E-state index contributed by atoms with van der Waals surface area (Å²) in [4.78, 5) is 21.1. The number of urea groups is 1. The van der Waals surface area contributed by atoms with Gasteiger partial charge in [0.05, 0.1) is 7.11 Å². The van der Waals surface area contributed by atoms with Crippen LogP contribution >= 0.6 is 0 Å². The second-order valence-corrected chi connectivity index (χ2v) is 10.4. The number of benzene rings is 2. The molecule has 3 aromatic rings. The lowest BCUT2D eigenvalue weighted by molar-refractivity contribution is 0.171. The van der Waals surface area contributed by atoms with E-state index in [1.165, 1.54) is 22.2 Å². The molecule has 2 N–H and O–H groups in total. The van der Waals surface area contributed by atoms with Crippen molar-refractivity contribution in [3.05, 3.63) is 59.8 Å². The summed E-state index contributed by atoms with van der Waals surface area (Å²) in [6, 6.07) is 17.3. The molecule has 0 unspecified atom stereocenters. The lowest BCUT2D eigenvalue weighted by Gasteiger charge is -2.35. The number of piperidine rings is 2. The van der Waals surface area contributed by atoms with Crippen molar-refractivity contribution in [3.8, 4) is 5.75 Å². The van der Waals surface area contributed by atoms with Crippen molar-refractivity contribution in [2.45, 2.75) is 57.4 Å². The van der Waals surface area contributed by atoms with Gasteiger partial charge >= 0.3 is 6.03 Å². The van der Waals surface area contributed by atoms with Gasteiger partial charge in [-0.15, -0.1) is 0 Å². The van der Waals surface area contributed by atoms with Crippen LogP contribution < -0.4 is 10.1 Å². The van der Waals surface area contributed by atoms with E-state index in [-0.39, 0.29) is 6.03 Å². The summed E-state index contributed by atoms with van der Waals surface area (Å²) < 4.78 is 5.69. The van der Waals surface area contributed by atoms with E-state index in [2.05, 4.69) is 65.4 Å². The van der Waals surface area contributed by atoms with Gasteiger partial charge in [-0.1, -0.05) is 18.2 Å². The number of hydrogen-bond acceptors (Lipinski definition) is 3. The second kappa shape index (κ2) is 10.3. The molecule has 5 rings (SSSR count). The number of H-pyrrole nitrogens is 1. The first kappa shape index (κ1) is 23.7. The van der Waals surface area contributed by atoms with Gasteiger partial charge in [0.25, 0.3) is 0 Å². The van der Waals surface area contributed by atoms with E-state index < -0.39 is 0 Å². The van der Waals surface area contributed by atoms with Crippen molar-refractivity contribution in [1.82, 2.24) is 14.8 Å². The summed E-state index contributed by atoms with van der Waals surface area (Å²) in [6.07, 6.45) is 4.19. The minimum absolute atomic E-state index is 0.00848. The van der Waals surface area contributed by atoms with Gasteiger partial charge in [-0.2, -0.15) is 0 Å². The molecular weight excluding hydrogens is 436 g/mol. The third-order valence-electron chi connectivity index (χ3n) is 7.95. The van der Waals surface area contributed by atoms with Crippen molar-refractivity contribution in [1.29, 1.82) is 0 Å². The van der Waals surface area contributed by atoms with Crippen LogP contribution in [0.1, 0.15) is 62.6 Å². The molecule has 2 aliphatic rings. The fourth-order valence-corrected chi connectivity index (χ4v) is 5.77. The monoisotopic (exact) mass is 474 g/mol. The number of amides is 2. The van der Waals surface area contributed by atoms with E-state index in [1.807, 2.05) is 17.0 Å². The molecule has 0 aliphatic carbocycles. The Morgan fingerprint density at radius 3 is 2.37 bits per heavy atom. The molecule has 0 radical (unpaired) electrons. The molecule has 2 aliphatic heterocycles. The smallest absolute Gasteiger partial charge is 0.321 e. The summed E-state index contributed by atoms with van der Waals surface area (Å²) in [6.45, 7) is 8.27. The average molecular weight is 475 g/mol. The molecule has 2 saturated heterocycles. The van der Waals surface area contributed by atoms with Gasteiger partial charge in [0.15, 0.2) is 0 Å². The molecule has 2 amide bonds. The predicted molar refractivity (Wildman–Crippen MR) is 143 cm³/mol. The number of methoxy groups -OCH3 is 1. The molecule has 6 nitrogen and oxygen atoms in total. The van der Waals surface area contributed by atoms with Crippen LogP contribution in [0.5, 0.6) is 5.75 Å². The maximum absolute atomic E-state index is 13.1. The number of nitrogens with zero attached hydrogens (tertiary/aromatic N) is 2. The maximum atomic E-state index is 13.1. The first-order valence-corrected chi connectivity index (χ1v) is 13.1. The lowest BCUT2D eigenvalue weighted by atomic mass is 9.88. The van der Waals surface area contributed by atoms with Gasteiger partial charge in [0, 0.05) is 41.9 Å². The number of carbonyl (C=O) groups excluding carboxylic acids is 1. The molecule has 3 heterocycles. The van der Waals surface area contributed by atoms with Crippen LogP contribution in [0.25, 0.3) is 10.9 Å². The molecule has 186 valence electrons. The van der Waals surface area contributed by atoms with Crippen molar-refractivity contribution in [3.63, 3.8) is 0 Å². The lowest BCUT2D eigenvalue weighted by Crippen LogP contribution is -2.40. The van der Waals surface area contributed by atoms with E-state index in [1.54, 1.807) is 7.11 Å². The summed E-state index contributed by atoms with van der Waals surface area (Å²) in [7, 11) is 1.73. The Labute approximate surface area is 208 Å². The molecule has 0 atom stereocenters. The van der Waals surface area contributed by atoms with Crippen LogP contribution in [-0.4, -0.2) is 60.1 Å². The van der Waals surface area contributed by atoms with Crippen molar-refractivity contribution in [2.24, 2.45) is 0 Å². The molecule has 0 spiro atoms. The first-order valence-electron chi connectivity index (χ1n) is 13.1. The molecule has 0 saturated carbocycles. The topological polar surface area (TPSA) is 60.6 Å². The van der Waals surface area contributed by atoms with Crippen LogP contribution in [0.15, 0.2) is 48.5 Å². The largest absolute Gasteiger partial charge is 0.496 e. The van der Waals surface area contributed by atoms with E-state index in [0.29, 0.717) is 17.9 Å². The predicted octanol–water partition coefficient (Wildman–Crippen LogP) is 6.18. The van der Waals surface area contributed by atoms with Crippen LogP contribution in [0.4, 0.5) is 10.5 Å². The zero-order valence-electron chi connectivity index (χ0n) is 21.2. The minimum Gasteiger partial charge on any atom is -0.496 e. The Bertz CT molecular complexity index is 1120. The van der Waals surface area contributed by atoms with Gasteiger partial charge in [-0.05, 0) is 99.8 Å². The first-order chi connectivity index (χ1) is 17.0. The number of hydrogen-bond donors (Lipinski definition) is 2. The van der Waals surface area contributed by atoms with Gasteiger partial charge in [-0.3, -0.25) is 0 Å². The zero-order chi connectivity index (χ0) is 24.4. The highest BCUT2D eigenvalue weighted by molar-refractivity contribution is 5.89. The number of rotatable bonds is 5. The molecule has 2 fully saturated rings. The summed E-state index contributed by atoms with van der Waals surface area (Å²) in [5, 5.41) is 4.42. The van der Waals surface area contributed by atoms with Crippen molar-refractivity contribution >= 4 is 22.6 Å². The highest BCUT2D eigenvalue weighted by Crippen LogP contribution is 2.37. The standard InChI is InChI=1S/C29H38N4O2/c1-20(2)32-14-10-21(11-15-32)25-19-24(8-9-28(25)35-3)30-29(34)33-16-12-22(13-17-33)27-18-23-6-4-5-7-26(23)31-27/h4-9,18-22,31H,10-17H2,1-3H3,(H,30,34). The van der Waals surface area contributed by atoms with Gasteiger partial charge in [0.2, 0.25) is 0 Å². The van der Waals surface area contributed by atoms with Crippen LogP contribution in [-0.2, 0) is 0 Å². The maximum Gasteiger partial charge on any atom is 0.321 e. The zero-order valence-corrected chi connectivity index (χ0v) is 21.2. The Morgan fingerprint density at radius 2 is 1.69 bits per heavy atom. The number of aromatic nitrogens is 1. The highest BCUT2D eigenvalue weighted by atomic mass is 16.5. The van der Waals surface area contributed by atoms with Gasteiger partial charge in [-0.25, -0.2) is 4.79 Å². The number of ether oxygens (including phenoxy) is 1. The van der Waals surface area contributed by atoms with E-state index in [4.69, 9.17) is 4.74 Å². The fourth-order valence-electron chi connectivity index (χ4n) is 5.77. The normalized spacial score (nSPS) is 18.3. The van der Waals surface area contributed by atoms with E-state index in [0.717, 1.165) is 63.3 Å². The summed E-state index contributed by atoms with van der Waals surface area (Å²) in [5.41, 5.74) is 4.54. The Hall–Kier alpha value is -2.99. The number of anilines is 1. The van der Waals surface area contributed by atoms with E-state index >= 15 is 0 Å². The molecular formula is C29H38N4O2. The molecule has 1 aromatic heterocycles. The minimum atomic E-state index is -0.00848. The third kappa shape index (κ3) is 5.18. The molecule has 6 heteroatoms. The number of nitrogens with one attached hydrogen (secondary N) is 2. The number of carbonyl (C=O) groups is 1. The van der Waals surface area contributed by atoms with Crippen molar-refractivity contribution < 1.29 is 9.53 Å². The number of likely N-dealkylation sites (tertiary alicyclic amines) is 2. The summed E-state index contributed by atoms with van der Waals surface area (Å²) in [5.74, 6) is 1.85. The Morgan fingerprint density at radius 1 is 0.971 bits per heavy atom. The second-order valence-electron chi connectivity index (χ2n) is 10.4. The molecule has 35 heavy (non-hydrogen) atoms. The van der Waals surface area contributed by atoms with Crippen LogP contribution in [0.2, 0.25) is 0 Å². The quantitative estimate of drug-likeness (QED) is 0.464. The molecule has 0 bridgehead atoms. The highest BCUT2D eigenvalue weighted by Gasteiger charge is 2.27. The van der Waals surface area contributed by atoms with Crippen molar-refractivity contribution in [2.75, 3.05) is 38.6 Å². The number of para-hydroxylation sites is 1.